The van der Waals surface area contributed by atoms with Gasteiger partial charge in [-0.05, 0) is 91.0 Å². The van der Waals surface area contributed by atoms with Crippen molar-refractivity contribution >= 4 is 5.78 Å². The molecule has 3 aliphatic rings. The molecule has 2 aromatic rings. The number of hydrogen-bond acceptors (Lipinski definition) is 1. The molecule has 5 rings (SSSR count). The van der Waals surface area contributed by atoms with Crippen molar-refractivity contribution in [2.24, 2.45) is 0 Å². The maximum atomic E-state index is 12.8. The van der Waals surface area contributed by atoms with Gasteiger partial charge in [0, 0.05) is 5.56 Å². The summed E-state index contributed by atoms with van der Waals surface area (Å²) in [7, 11) is 0. The SMILES string of the molecule is CC(=O)c1cc(-c2ccc(C(F)(F)F)cc2)c2c(c1)C1CCC2CC1. The van der Waals surface area contributed by atoms with Crippen LogP contribution in [0.15, 0.2) is 36.4 Å². The molecule has 0 aromatic heterocycles. The number of carbonyl (C=O) groups excluding carboxylic acids is 1. The van der Waals surface area contributed by atoms with Crippen molar-refractivity contribution < 1.29 is 18.0 Å². The van der Waals surface area contributed by atoms with Gasteiger partial charge in [-0.1, -0.05) is 12.1 Å². The molecule has 0 heterocycles. The summed E-state index contributed by atoms with van der Waals surface area (Å²) in [4.78, 5) is 12.0. The molecule has 0 aliphatic heterocycles. The minimum Gasteiger partial charge on any atom is -0.295 e. The molecule has 1 saturated carbocycles. The second-order valence-corrected chi connectivity index (χ2v) is 7.21. The molecule has 1 nitrogen and oxygen atoms in total. The lowest BCUT2D eigenvalue weighted by Crippen LogP contribution is -2.23. The highest BCUT2D eigenvalue weighted by atomic mass is 19.4. The minimum atomic E-state index is -4.34. The van der Waals surface area contributed by atoms with Crippen LogP contribution in [0.1, 0.15) is 71.5 Å². The van der Waals surface area contributed by atoms with Gasteiger partial charge in [-0.25, -0.2) is 0 Å². The van der Waals surface area contributed by atoms with Gasteiger partial charge < -0.3 is 0 Å². The average Bonchev–Trinajstić information content (AvgIpc) is 2.61. The van der Waals surface area contributed by atoms with Crippen LogP contribution in [0.3, 0.4) is 0 Å². The van der Waals surface area contributed by atoms with E-state index in [2.05, 4.69) is 0 Å². The van der Waals surface area contributed by atoms with Crippen molar-refractivity contribution in [3.05, 3.63) is 58.7 Å². The zero-order valence-corrected chi connectivity index (χ0v) is 14.0. The number of Topliss-reactive ketones (excluding diaryl/α,β-unsaturated/α-hetero) is 1. The summed E-state index contributed by atoms with van der Waals surface area (Å²) in [5, 5.41) is 0. The van der Waals surface area contributed by atoms with Crippen LogP contribution < -0.4 is 0 Å². The predicted molar refractivity (Wildman–Crippen MR) is 90.8 cm³/mol. The van der Waals surface area contributed by atoms with E-state index in [9.17, 15) is 18.0 Å². The molecule has 25 heavy (non-hydrogen) atoms. The molecule has 2 bridgehead atoms. The lowest BCUT2D eigenvalue weighted by molar-refractivity contribution is -0.137. The lowest BCUT2D eigenvalue weighted by Gasteiger charge is -2.40. The van der Waals surface area contributed by atoms with Crippen LogP contribution in [-0.2, 0) is 6.18 Å². The van der Waals surface area contributed by atoms with Crippen LogP contribution in [0.2, 0.25) is 0 Å². The molecule has 0 unspecified atom stereocenters. The molecule has 1 fully saturated rings. The summed E-state index contributed by atoms with van der Waals surface area (Å²) >= 11 is 0. The molecule has 130 valence electrons. The molecule has 0 saturated heterocycles. The highest BCUT2D eigenvalue weighted by Crippen LogP contribution is 2.52. The largest absolute Gasteiger partial charge is 0.416 e. The van der Waals surface area contributed by atoms with E-state index in [-0.39, 0.29) is 5.78 Å². The summed E-state index contributed by atoms with van der Waals surface area (Å²) in [5.74, 6) is 0.934. The van der Waals surface area contributed by atoms with Gasteiger partial charge in [0.25, 0.3) is 0 Å². The number of alkyl halides is 3. The standard InChI is InChI=1S/C21H19F3O/c1-12(25)16-10-18-13-2-4-15(5-3-13)20(18)19(11-16)14-6-8-17(9-7-14)21(22,23)24/h6-11,13,15H,2-5H2,1H3. The Bertz CT molecular complexity index is 825. The second-order valence-electron chi connectivity index (χ2n) is 7.21. The summed E-state index contributed by atoms with van der Waals surface area (Å²) in [6.45, 7) is 1.54. The van der Waals surface area contributed by atoms with Crippen molar-refractivity contribution in [3.63, 3.8) is 0 Å². The molecule has 0 spiro atoms. The first kappa shape index (κ1) is 16.4. The number of ketones is 1. The minimum absolute atomic E-state index is 0.00240. The van der Waals surface area contributed by atoms with Gasteiger partial charge in [0.05, 0.1) is 5.56 Å². The van der Waals surface area contributed by atoms with E-state index in [0.29, 0.717) is 17.4 Å². The highest BCUT2D eigenvalue weighted by molar-refractivity contribution is 5.96. The van der Waals surface area contributed by atoms with E-state index in [4.69, 9.17) is 0 Å². The fourth-order valence-corrected chi connectivity index (χ4v) is 4.44. The van der Waals surface area contributed by atoms with Crippen molar-refractivity contribution in [1.29, 1.82) is 0 Å². The number of rotatable bonds is 2. The Morgan fingerprint density at radius 1 is 0.960 bits per heavy atom. The Labute approximate surface area is 144 Å². The smallest absolute Gasteiger partial charge is 0.295 e. The van der Waals surface area contributed by atoms with E-state index in [1.54, 1.807) is 6.92 Å². The monoisotopic (exact) mass is 344 g/mol. The van der Waals surface area contributed by atoms with Crippen molar-refractivity contribution in [2.45, 2.75) is 50.6 Å². The summed E-state index contributed by atoms with van der Waals surface area (Å²) < 4.78 is 38.5. The van der Waals surface area contributed by atoms with Gasteiger partial charge in [-0.2, -0.15) is 13.2 Å². The van der Waals surface area contributed by atoms with Crippen LogP contribution in [0.5, 0.6) is 0 Å². The first-order valence-electron chi connectivity index (χ1n) is 8.71. The van der Waals surface area contributed by atoms with Crippen molar-refractivity contribution in [3.8, 4) is 11.1 Å². The fraction of sp³-hybridized carbons (Fsp3) is 0.381. The van der Waals surface area contributed by atoms with Gasteiger partial charge >= 0.3 is 6.18 Å². The first-order valence-corrected chi connectivity index (χ1v) is 8.71. The molecule has 0 amide bonds. The molecule has 0 radical (unpaired) electrons. The Balaban J connectivity index is 1.88. The van der Waals surface area contributed by atoms with Crippen molar-refractivity contribution in [2.75, 3.05) is 0 Å². The normalized spacial score (nSPS) is 21.9. The van der Waals surface area contributed by atoms with Gasteiger partial charge in [0.1, 0.15) is 0 Å². The zero-order valence-electron chi connectivity index (χ0n) is 14.0. The number of benzene rings is 2. The van der Waals surface area contributed by atoms with Gasteiger partial charge in [-0.15, -0.1) is 0 Å². The van der Waals surface area contributed by atoms with Crippen LogP contribution in [0.25, 0.3) is 11.1 Å². The number of fused-ring (bicyclic) bond motifs is 2. The summed E-state index contributed by atoms with van der Waals surface area (Å²) in [5.41, 5.74) is 4.21. The fourth-order valence-electron chi connectivity index (χ4n) is 4.44. The van der Waals surface area contributed by atoms with E-state index >= 15 is 0 Å². The predicted octanol–water partition coefficient (Wildman–Crippen LogP) is 6.33. The molecular weight excluding hydrogens is 325 g/mol. The third-order valence-corrected chi connectivity index (χ3v) is 5.72. The molecule has 2 aromatic carbocycles. The summed E-state index contributed by atoms with van der Waals surface area (Å²) in [6, 6.07) is 9.20. The maximum Gasteiger partial charge on any atom is 0.416 e. The summed E-state index contributed by atoms with van der Waals surface area (Å²) in [6.07, 6.45) is 0.213. The van der Waals surface area contributed by atoms with Gasteiger partial charge in [0.2, 0.25) is 0 Å². The molecule has 0 N–H and O–H groups in total. The van der Waals surface area contributed by atoms with Crippen molar-refractivity contribution in [1.82, 2.24) is 0 Å². The molecule has 3 aliphatic carbocycles. The quantitative estimate of drug-likeness (QED) is 0.582. The molecular formula is C21H19F3O. The number of carbonyl (C=O) groups is 1. The Morgan fingerprint density at radius 3 is 2.12 bits per heavy atom. The second kappa shape index (κ2) is 5.72. The van der Waals surface area contributed by atoms with E-state index in [1.165, 1.54) is 23.3 Å². The van der Waals surface area contributed by atoms with Crippen LogP contribution in [0.4, 0.5) is 13.2 Å². The zero-order chi connectivity index (χ0) is 17.8. The maximum absolute atomic E-state index is 12.8. The van der Waals surface area contributed by atoms with E-state index in [1.807, 2.05) is 12.1 Å². The lowest BCUT2D eigenvalue weighted by atomic mass is 9.65. The molecule has 0 atom stereocenters. The first-order chi connectivity index (χ1) is 11.8. The number of hydrogen-bond donors (Lipinski definition) is 0. The average molecular weight is 344 g/mol. The third kappa shape index (κ3) is 2.78. The Kier molecular flexibility index (Phi) is 3.75. The Hall–Kier alpha value is -2.10. The molecule has 4 heteroatoms. The van der Waals surface area contributed by atoms with E-state index < -0.39 is 11.7 Å². The van der Waals surface area contributed by atoms with Gasteiger partial charge in [-0.3, -0.25) is 4.79 Å². The van der Waals surface area contributed by atoms with Crippen LogP contribution >= 0.6 is 0 Å². The van der Waals surface area contributed by atoms with Crippen LogP contribution in [-0.4, -0.2) is 5.78 Å². The highest BCUT2D eigenvalue weighted by Gasteiger charge is 2.35. The topological polar surface area (TPSA) is 17.1 Å². The third-order valence-electron chi connectivity index (χ3n) is 5.72. The van der Waals surface area contributed by atoms with Gasteiger partial charge in [0.15, 0.2) is 5.78 Å². The van der Waals surface area contributed by atoms with E-state index in [0.717, 1.165) is 48.9 Å². The van der Waals surface area contributed by atoms with Crippen LogP contribution in [0, 0.1) is 0 Å². The number of halogens is 3. The Morgan fingerprint density at radius 2 is 1.56 bits per heavy atom.